The van der Waals surface area contributed by atoms with Crippen molar-refractivity contribution in [2.24, 2.45) is 5.10 Å². The van der Waals surface area contributed by atoms with E-state index in [9.17, 15) is 13.2 Å². The van der Waals surface area contributed by atoms with Gasteiger partial charge in [0.25, 0.3) is 5.91 Å². The first-order valence-electron chi connectivity index (χ1n) is 8.20. The number of rotatable bonds is 7. The fourth-order valence-corrected chi connectivity index (χ4v) is 3.40. The lowest BCUT2D eigenvalue weighted by molar-refractivity contribution is -0.121. The number of hydrogen-bond donors (Lipinski definition) is 1. The number of hydrogen-bond acceptors (Lipinski definition) is 4. The van der Waals surface area contributed by atoms with Crippen LogP contribution in [0.3, 0.4) is 0 Å². The topological polar surface area (TPSA) is 78.8 Å². The zero-order valence-electron chi connectivity index (χ0n) is 15.1. The molecular formula is C19H23N3O3S. The van der Waals surface area contributed by atoms with Crippen LogP contribution in [0.25, 0.3) is 0 Å². The molecule has 0 bridgehead atoms. The highest BCUT2D eigenvalue weighted by Crippen LogP contribution is 2.15. The predicted molar refractivity (Wildman–Crippen MR) is 102 cm³/mol. The third kappa shape index (κ3) is 5.24. The molecule has 2 rings (SSSR count). The minimum absolute atomic E-state index is 0.0329. The van der Waals surface area contributed by atoms with Crippen LogP contribution in [-0.2, 0) is 14.8 Å². The van der Waals surface area contributed by atoms with Gasteiger partial charge in [-0.25, -0.2) is 13.8 Å². The molecule has 2 aromatic rings. The lowest BCUT2D eigenvalue weighted by Gasteiger charge is -2.16. The van der Waals surface area contributed by atoms with E-state index in [1.807, 2.05) is 44.2 Å². The minimum atomic E-state index is -3.71. The maximum atomic E-state index is 12.5. The van der Waals surface area contributed by atoms with Gasteiger partial charge in [-0.1, -0.05) is 55.0 Å². The zero-order valence-corrected chi connectivity index (χ0v) is 15.9. The standard InChI is InChI=1S/C19H23N3O3S/c1-15-9-11-18(12-10-15)26(24,25)22(3)14-19(23)21-20-13-16(2)17-7-5-4-6-8-17/h4-13,16H,14H2,1-3H3,(H,21,23)/b20-13-/t16-/m0/s1. The molecule has 1 atom stereocenters. The Morgan fingerprint density at radius 3 is 2.38 bits per heavy atom. The molecule has 0 radical (unpaired) electrons. The van der Waals surface area contributed by atoms with Crippen LogP contribution in [0.4, 0.5) is 0 Å². The lowest BCUT2D eigenvalue weighted by atomic mass is 10.0. The van der Waals surface area contributed by atoms with Gasteiger partial charge in [0.1, 0.15) is 0 Å². The second-order valence-electron chi connectivity index (χ2n) is 6.09. The van der Waals surface area contributed by atoms with Crippen LogP contribution in [-0.4, -0.2) is 38.4 Å². The van der Waals surface area contributed by atoms with E-state index in [2.05, 4.69) is 10.5 Å². The van der Waals surface area contributed by atoms with Crippen LogP contribution in [0.15, 0.2) is 64.6 Å². The van der Waals surface area contributed by atoms with Crippen molar-refractivity contribution >= 4 is 22.1 Å². The van der Waals surface area contributed by atoms with E-state index in [0.29, 0.717) is 0 Å². The van der Waals surface area contributed by atoms with Crippen LogP contribution < -0.4 is 5.43 Å². The molecule has 0 aliphatic heterocycles. The Labute approximate surface area is 154 Å². The van der Waals surface area contributed by atoms with Crippen LogP contribution >= 0.6 is 0 Å². The molecule has 2 aromatic carbocycles. The van der Waals surface area contributed by atoms with E-state index < -0.39 is 15.9 Å². The molecule has 138 valence electrons. The lowest BCUT2D eigenvalue weighted by Crippen LogP contribution is -2.36. The number of hydrazone groups is 1. The Kier molecular flexibility index (Phi) is 6.65. The highest BCUT2D eigenvalue weighted by Gasteiger charge is 2.22. The van der Waals surface area contributed by atoms with Gasteiger partial charge in [-0.05, 0) is 24.6 Å². The van der Waals surface area contributed by atoms with Crippen molar-refractivity contribution in [3.63, 3.8) is 0 Å². The van der Waals surface area contributed by atoms with Gasteiger partial charge in [0.2, 0.25) is 10.0 Å². The Hall–Kier alpha value is -2.51. The van der Waals surface area contributed by atoms with Crippen LogP contribution in [0.1, 0.15) is 24.0 Å². The van der Waals surface area contributed by atoms with Crippen LogP contribution in [0, 0.1) is 6.92 Å². The van der Waals surface area contributed by atoms with Gasteiger partial charge >= 0.3 is 0 Å². The number of sulfonamides is 1. The number of likely N-dealkylation sites (N-methyl/N-ethyl adjacent to an activating group) is 1. The Bertz CT molecular complexity index is 863. The molecule has 6 nitrogen and oxygen atoms in total. The number of benzene rings is 2. The van der Waals surface area contributed by atoms with Crippen molar-refractivity contribution in [2.75, 3.05) is 13.6 Å². The second kappa shape index (κ2) is 8.73. The van der Waals surface area contributed by atoms with E-state index in [-0.39, 0.29) is 17.4 Å². The summed E-state index contributed by atoms with van der Waals surface area (Å²) < 4.78 is 25.9. The van der Waals surface area contributed by atoms with Crippen LogP contribution in [0.5, 0.6) is 0 Å². The summed E-state index contributed by atoms with van der Waals surface area (Å²) in [5, 5.41) is 3.92. The number of amides is 1. The fourth-order valence-electron chi connectivity index (χ4n) is 2.28. The summed E-state index contributed by atoms with van der Waals surface area (Å²) in [6, 6.07) is 16.2. The van der Waals surface area contributed by atoms with Gasteiger partial charge in [0.05, 0.1) is 11.4 Å². The van der Waals surface area contributed by atoms with Gasteiger partial charge in [0.15, 0.2) is 0 Å². The molecule has 0 heterocycles. The molecule has 0 aromatic heterocycles. The SMILES string of the molecule is Cc1ccc(S(=O)(=O)N(C)CC(=O)N/N=C\[C@H](C)c2ccccc2)cc1. The molecule has 1 N–H and O–H groups in total. The molecule has 1 amide bonds. The zero-order chi connectivity index (χ0) is 19.2. The molecule has 0 unspecified atom stereocenters. The smallest absolute Gasteiger partial charge is 0.255 e. The summed E-state index contributed by atoms with van der Waals surface area (Å²) in [4.78, 5) is 12.1. The second-order valence-corrected chi connectivity index (χ2v) is 8.13. The summed E-state index contributed by atoms with van der Waals surface area (Å²) in [6.45, 7) is 3.52. The fraction of sp³-hybridized carbons (Fsp3) is 0.263. The number of carbonyl (C=O) groups is 1. The van der Waals surface area contributed by atoms with E-state index in [0.717, 1.165) is 15.4 Å². The number of nitrogens with zero attached hydrogens (tertiary/aromatic N) is 2. The van der Waals surface area contributed by atoms with Crippen molar-refractivity contribution in [1.29, 1.82) is 0 Å². The van der Waals surface area contributed by atoms with Gasteiger partial charge < -0.3 is 0 Å². The largest absolute Gasteiger partial charge is 0.272 e. The third-order valence-electron chi connectivity index (χ3n) is 3.91. The quantitative estimate of drug-likeness (QED) is 0.598. The summed E-state index contributed by atoms with van der Waals surface area (Å²) in [7, 11) is -2.35. The first-order valence-corrected chi connectivity index (χ1v) is 9.64. The van der Waals surface area contributed by atoms with Crippen molar-refractivity contribution < 1.29 is 13.2 Å². The predicted octanol–water partition coefficient (Wildman–Crippen LogP) is 2.52. The summed E-state index contributed by atoms with van der Waals surface area (Å²) in [5.74, 6) is -0.467. The Morgan fingerprint density at radius 2 is 1.77 bits per heavy atom. The maximum Gasteiger partial charge on any atom is 0.255 e. The molecule has 0 saturated carbocycles. The Morgan fingerprint density at radius 1 is 1.15 bits per heavy atom. The van der Waals surface area contributed by atoms with Gasteiger partial charge in [-0.2, -0.15) is 9.41 Å². The van der Waals surface area contributed by atoms with Crippen LogP contribution in [0.2, 0.25) is 0 Å². The van der Waals surface area contributed by atoms with Gasteiger partial charge in [0, 0.05) is 19.2 Å². The van der Waals surface area contributed by atoms with E-state index >= 15 is 0 Å². The third-order valence-corrected chi connectivity index (χ3v) is 5.73. The highest BCUT2D eigenvalue weighted by molar-refractivity contribution is 7.89. The van der Waals surface area contributed by atoms with E-state index in [4.69, 9.17) is 0 Å². The molecule has 0 saturated heterocycles. The molecule has 0 aliphatic rings. The molecular weight excluding hydrogens is 350 g/mol. The monoisotopic (exact) mass is 373 g/mol. The molecule has 0 fully saturated rings. The van der Waals surface area contributed by atoms with Crippen molar-refractivity contribution in [2.45, 2.75) is 24.7 Å². The Balaban J connectivity index is 1.92. The molecule has 0 spiro atoms. The number of nitrogens with one attached hydrogen (secondary N) is 1. The number of carbonyl (C=O) groups excluding carboxylic acids is 1. The van der Waals surface area contributed by atoms with Crippen molar-refractivity contribution in [3.05, 3.63) is 65.7 Å². The molecule has 26 heavy (non-hydrogen) atoms. The van der Waals surface area contributed by atoms with E-state index in [1.54, 1.807) is 18.3 Å². The van der Waals surface area contributed by atoms with Gasteiger partial charge in [-0.15, -0.1) is 0 Å². The minimum Gasteiger partial charge on any atom is -0.272 e. The van der Waals surface area contributed by atoms with Crippen molar-refractivity contribution in [3.8, 4) is 0 Å². The summed E-state index contributed by atoms with van der Waals surface area (Å²) in [5.41, 5.74) is 4.41. The maximum absolute atomic E-state index is 12.5. The molecule has 0 aliphatic carbocycles. The van der Waals surface area contributed by atoms with Gasteiger partial charge in [-0.3, -0.25) is 4.79 Å². The average Bonchev–Trinajstić information content (AvgIpc) is 2.62. The summed E-state index contributed by atoms with van der Waals surface area (Å²) in [6.07, 6.45) is 1.61. The highest BCUT2D eigenvalue weighted by atomic mass is 32.2. The molecule has 7 heteroatoms. The average molecular weight is 373 g/mol. The summed E-state index contributed by atoms with van der Waals surface area (Å²) >= 11 is 0. The first kappa shape index (κ1) is 19.8. The first-order chi connectivity index (χ1) is 12.3. The number of aryl methyl sites for hydroxylation is 1. The van der Waals surface area contributed by atoms with E-state index in [1.165, 1.54) is 19.2 Å². The van der Waals surface area contributed by atoms with Crippen molar-refractivity contribution in [1.82, 2.24) is 9.73 Å². The normalized spacial score (nSPS) is 13.1.